The first-order chi connectivity index (χ1) is 8.03. The van der Waals surface area contributed by atoms with Crippen LogP contribution in [0.15, 0.2) is 12.2 Å². The number of ketones is 1. The largest absolute Gasteiger partial charge is 0.472 e. The van der Waals surface area contributed by atoms with E-state index in [9.17, 15) is 14.3 Å². The van der Waals surface area contributed by atoms with E-state index in [1.807, 2.05) is 21.1 Å². The van der Waals surface area contributed by atoms with Crippen LogP contribution in [0.5, 0.6) is 0 Å². The molecule has 1 atom stereocenters. The van der Waals surface area contributed by atoms with Crippen molar-refractivity contribution in [2.75, 3.05) is 40.9 Å². The van der Waals surface area contributed by atoms with E-state index < -0.39 is 7.82 Å². The summed E-state index contributed by atoms with van der Waals surface area (Å²) < 4.78 is 21.5. The normalized spacial score (nSPS) is 15.2. The summed E-state index contributed by atoms with van der Waals surface area (Å²) in [5.41, 5.74) is 0.400. The Hall–Kier alpha value is -0.520. The molecule has 0 fully saturated rings. The summed E-state index contributed by atoms with van der Waals surface area (Å²) in [7, 11) is 1.77. The van der Waals surface area contributed by atoms with E-state index in [2.05, 4.69) is 11.1 Å². The van der Waals surface area contributed by atoms with E-state index in [4.69, 9.17) is 4.52 Å². The van der Waals surface area contributed by atoms with Crippen molar-refractivity contribution in [3.63, 3.8) is 0 Å². The SMILES string of the molecule is C=C(C)C(=O)CCOP(=O)(O)OCC[N+](C)(C)C. The molecule has 0 rings (SSSR count). The molecular weight excluding hydrogens is 257 g/mol. The van der Waals surface area contributed by atoms with Gasteiger partial charge in [0.1, 0.15) is 13.2 Å². The predicted molar refractivity (Wildman–Crippen MR) is 69.1 cm³/mol. The summed E-state index contributed by atoms with van der Waals surface area (Å²) in [6, 6.07) is 0. The lowest BCUT2D eigenvalue weighted by Crippen LogP contribution is -2.37. The van der Waals surface area contributed by atoms with E-state index in [0.29, 0.717) is 16.6 Å². The molecule has 0 aromatic heterocycles. The minimum atomic E-state index is -4.06. The van der Waals surface area contributed by atoms with Crippen molar-refractivity contribution in [3.8, 4) is 0 Å². The van der Waals surface area contributed by atoms with Gasteiger partial charge in [0.2, 0.25) is 0 Å². The van der Waals surface area contributed by atoms with Gasteiger partial charge in [-0.15, -0.1) is 0 Å². The molecule has 6 nitrogen and oxygen atoms in total. The number of allylic oxidation sites excluding steroid dienone is 1. The Labute approximate surface area is 108 Å². The average molecular weight is 280 g/mol. The fourth-order valence-corrected chi connectivity index (χ4v) is 1.64. The minimum absolute atomic E-state index is 0.0264. The molecule has 18 heavy (non-hydrogen) atoms. The summed E-state index contributed by atoms with van der Waals surface area (Å²) in [5.74, 6) is -0.193. The van der Waals surface area contributed by atoms with Crippen LogP contribution in [0.4, 0.5) is 0 Å². The van der Waals surface area contributed by atoms with Crippen LogP contribution in [0.2, 0.25) is 0 Å². The zero-order valence-corrected chi connectivity index (χ0v) is 12.4. The van der Waals surface area contributed by atoms with Crippen molar-refractivity contribution < 1.29 is 27.8 Å². The van der Waals surface area contributed by atoms with E-state index in [1.54, 1.807) is 6.92 Å². The number of hydrogen-bond acceptors (Lipinski definition) is 4. The topological polar surface area (TPSA) is 72.8 Å². The van der Waals surface area contributed by atoms with Gasteiger partial charge in [-0.1, -0.05) is 6.58 Å². The first-order valence-corrected chi connectivity index (χ1v) is 7.14. The van der Waals surface area contributed by atoms with Gasteiger partial charge in [0.05, 0.1) is 27.7 Å². The van der Waals surface area contributed by atoms with Gasteiger partial charge in [-0.2, -0.15) is 0 Å². The third-order valence-electron chi connectivity index (χ3n) is 2.08. The zero-order chi connectivity index (χ0) is 14.4. The van der Waals surface area contributed by atoms with Gasteiger partial charge in [-0.05, 0) is 12.5 Å². The maximum absolute atomic E-state index is 11.4. The summed E-state index contributed by atoms with van der Waals surface area (Å²) in [6.45, 7) is 5.61. The Kier molecular flexibility index (Phi) is 6.96. The van der Waals surface area contributed by atoms with Crippen LogP contribution in [0.3, 0.4) is 0 Å². The molecule has 106 valence electrons. The van der Waals surface area contributed by atoms with Gasteiger partial charge < -0.3 is 9.38 Å². The third-order valence-corrected chi connectivity index (χ3v) is 3.09. The van der Waals surface area contributed by atoms with Crippen LogP contribution < -0.4 is 0 Å². The predicted octanol–water partition coefficient (Wildman–Crippen LogP) is 1.36. The summed E-state index contributed by atoms with van der Waals surface area (Å²) in [6.07, 6.45) is 0.0264. The second-order valence-electron chi connectivity index (χ2n) is 5.10. The van der Waals surface area contributed by atoms with Crippen molar-refractivity contribution in [3.05, 3.63) is 12.2 Å². The number of rotatable bonds is 9. The minimum Gasteiger partial charge on any atom is -0.329 e. The van der Waals surface area contributed by atoms with Gasteiger partial charge >= 0.3 is 7.82 Å². The molecule has 0 saturated heterocycles. The number of phosphoric ester groups is 1. The highest BCUT2D eigenvalue weighted by Gasteiger charge is 2.22. The number of carbonyl (C=O) groups excluding carboxylic acids is 1. The van der Waals surface area contributed by atoms with Gasteiger partial charge in [0, 0.05) is 6.42 Å². The van der Waals surface area contributed by atoms with Crippen LogP contribution in [-0.2, 0) is 18.4 Å². The van der Waals surface area contributed by atoms with Crippen LogP contribution >= 0.6 is 7.82 Å². The standard InChI is InChI=1S/C11H22NO5P/c1-10(2)11(13)6-8-16-18(14,15)17-9-7-12(3,4)5/h1,6-9H2,2-5H3/p+1. The molecule has 7 heteroatoms. The molecular formula is C11H23NO5P+. The number of hydrogen-bond donors (Lipinski definition) is 1. The van der Waals surface area contributed by atoms with Crippen LogP contribution in [0, 0.1) is 0 Å². The molecule has 0 saturated carbocycles. The number of phosphoric acid groups is 1. The highest BCUT2D eigenvalue weighted by Crippen LogP contribution is 2.43. The van der Waals surface area contributed by atoms with Gasteiger partial charge in [-0.3, -0.25) is 13.8 Å². The Bertz CT molecular complexity index is 348. The van der Waals surface area contributed by atoms with Crippen LogP contribution in [0.1, 0.15) is 13.3 Å². The van der Waals surface area contributed by atoms with E-state index in [0.717, 1.165) is 0 Å². The number of carbonyl (C=O) groups is 1. The number of likely N-dealkylation sites (N-methyl/N-ethyl adjacent to an activating group) is 1. The van der Waals surface area contributed by atoms with Crippen molar-refractivity contribution in [2.24, 2.45) is 0 Å². The molecule has 0 radical (unpaired) electrons. The quantitative estimate of drug-likeness (QED) is 0.392. The van der Waals surface area contributed by atoms with Crippen molar-refractivity contribution in [1.29, 1.82) is 0 Å². The molecule has 0 aliphatic heterocycles. The highest BCUT2D eigenvalue weighted by atomic mass is 31.2. The van der Waals surface area contributed by atoms with Gasteiger partial charge in [-0.25, -0.2) is 4.57 Å². The fourth-order valence-electron chi connectivity index (χ4n) is 0.934. The molecule has 0 aromatic carbocycles. The molecule has 0 spiro atoms. The smallest absolute Gasteiger partial charge is 0.329 e. The third kappa shape index (κ3) is 9.50. The molecule has 1 unspecified atom stereocenters. The molecule has 0 aliphatic carbocycles. The van der Waals surface area contributed by atoms with E-state index >= 15 is 0 Å². The van der Waals surface area contributed by atoms with E-state index in [1.165, 1.54) is 0 Å². The first kappa shape index (κ1) is 17.5. The van der Waals surface area contributed by atoms with Crippen molar-refractivity contribution in [1.82, 2.24) is 0 Å². The zero-order valence-electron chi connectivity index (χ0n) is 11.5. The Morgan fingerprint density at radius 3 is 2.22 bits per heavy atom. The summed E-state index contributed by atoms with van der Waals surface area (Å²) >= 11 is 0. The first-order valence-electron chi connectivity index (χ1n) is 5.64. The van der Waals surface area contributed by atoms with Crippen molar-refractivity contribution in [2.45, 2.75) is 13.3 Å². The van der Waals surface area contributed by atoms with Crippen LogP contribution in [-0.4, -0.2) is 56.1 Å². The number of nitrogens with zero attached hydrogens (tertiary/aromatic N) is 1. The van der Waals surface area contributed by atoms with Gasteiger partial charge in [0.25, 0.3) is 0 Å². The fraction of sp³-hybridized carbons (Fsp3) is 0.727. The second-order valence-corrected chi connectivity index (χ2v) is 6.56. The Morgan fingerprint density at radius 1 is 1.28 bits per heavy atom. The number of Topliss-reactive ketones (excluding diaryl/α,β-unsaturated/α-hetero) is 1. The molecule has 0 heterocycles. The molecule has 0 bridgehead atoms. The van der Waals surface area contributed by atoms with Gasteiger partial charge in [0.15, 0.2) is 5.78 Å². The maximum atomic E-state index is 11.4. The molecule has 0 amide bonds. The second kappa shape index (κ2) is 7.16. The highest BCUT2D eigenvalue weighted by molar-refractivity contribution is 7.47. The lowest BCUT2D eigenvalue weighted by molar-refractivity contribution is -0.870. The molecule has 0 aliphatic rings. The van der Waals surface area contributed by atoms with Crippen molar-refractivity contribution >= 4 is 13.6 Å². The summed E-state index contributed by atoms with van der Waals surface area (Å²) in [4.78, 5) is 20.5. The summed E-state index contributed by atoms with van der Waals surface area (Å²) in [5, 5.41) is 0. The average Bonchev–Trinajstić information content (AvgIpc) is 2.14. The lowest BCUT2D eigenvalue weighted by Gasteiger charge is -2.23. The van der Waals surface area contributed by atoms with E-state index in [-0.39, 0.29) is 25.4 Å². The monoisotopic (exact) mass is 280 g/mol. The number of quaternary nitrogens is 1. The molecule has 0 aromatic rings. The molecule has 1 N–H and O–H groups in total. The lowest BCUT2D eigenvalue weighted by atomic mass is 10.2. The Balaban J connectivity index is 3.91. The Morgan fingerprint density at radius 2 is 1.78 bits per heavy atom. The maximum Gasteiger partial charge on any atom is 0.472 e. The van der Waals surface area contributed by atoms with Crippen LogP contribution in [0.25, 0.3) is 0 Å².